The van der Waals surface area contributed by atoms with Crippen LogP contribution in [0.5, 0.6) is 0 Å². The summed E-state index contributed by atoms with van der Waals surface area (Å²) in [6.07, 6.45) is 7.76. The number of rotatable bonds is 6. The van der Waals surface area contributed by atoms with Crippen LogP contribution in [0.2, 0.25) is 0 Å². The molecule has 1 aliphatic heterocycles. The summed E-state index contributed by atoms with van der Waals surface area (Å²) < 4.78 is 5.50. The summed E-state index contributed by atoms with van der Waals surface area (Å²) in [5, 5.41) is 7.56. The molecule has 5 rings (SSSR count). The van der Waals surface area contributed by atoms with Crippen LogP contribution in [-0.4, -0.2) is 39.7 Å². The van der Waals surface area contributed by atoms with Crippen LogP contribution in [0, 0.1) is 5.92 Å². The van der Waals surface area contributed by atoms with Crippen LogP contribution >= 0.6 is 0 Å². The molecule has 2 saturated carbocycles. The Labute approximate surface area is 140 Å². The smallest absolute Gasteiger partial charge is 0.231 e. The number of hydrogen-bond acceptors (Lipinski definition) is 7. The molecule has 0 amide bonds. The molecule has 3 heterocycles. The van der Waals surface area contributed by atoms with Crippen molar-refractivity contribution in [1.29, 1.82) is 0 Å². The molecular weight excluding hydrogens is 304 g/mol. The van der Waals surface area contributed by atoms with Crippen molar-refractivity contribution >= 4 is 11.6 Å². The van der Waals surface area contributed by atoms with Gasteiger partial charge in [0.15, 0.2) is 5.82 Å². The minimum atomic E-state index is 0.308. The number of nitrogens with zero attached hydrogens (tertiary/aromatic N) is 5. The lowest BCUT2D eigenvalue weighted by Gasteiger charge is -2.17. The number of nitrogens with one attached hydrogen (secondary N) is 1. The quantitative estimate of drug-likeness (QED) is 0.873. The molecule has 3 fully saturated rings. The van der Waals surface area contributed by atoms with Crippen LogP contribution in [0.15, 0.2) is 16.9 Å². The van der Waals surface area contributed by atoms with Crippen molar-refractivity contribution in [3.8, 4) is 0 Å². The van der Waals surface area contributed by atoms with E-state index in [1.807, 2.05) is 6.07 Å². The van der Waals surface area contributed by atoms with Gasteiger partial charge in [0.25, 0.3) is 0 Å². The molecule has 1 N–H and O–H groups in total. The van der Waals surface area contributed by atoms with Gasteiger partial charge in [0.2, 0.25) is 5.89 Å². The van der Waals surface area contributed by atoms with E-state index >= 15 is 0 Å². The van der Waals surface area contributed by atoms with Crippen molar-refractivity contribution in [2.24, 2.45) is 5.92 Å². The maximum absolute atomic E-state index is 5.50. The zero-order chi connectivity index (χ0) is 15.9. The van der Waals surface area contributed by atoms with E-state index < -0.39 is 0 Å². The standard InChI is InChI=1S/C17H22N6O/c1-2-11(1)8-18-14-7-15(20-10-19-14)23-6-5-13(9-23)17-21-16(22-24-17)12-3-4-12/h7,10-13H,1-6,8-9H2,(H,18,19,20). The first-order valence-corrected chi connectivity index (χ1v) is 8.99. The van der Waals surface area contributed by atoms with E-state index in [9.17, 15) is 0 Å². The van der Waals surface area contributed by atoms with E-state index in [2.05, 4.69) is 30.3 Å². The summed E-state index contributed by atoms with van der Waals surface area (Å²) in [4.78, 5) is 15.7. The summed E-state index contributed by atoms with van der Waals surface area (Å²) in [6.45, 7) is 2.86. The Hall–Kier alpha value is -2.18. The number of aromatic nitrogens is 4. The maximum atomic E-state index is 5.50. The lowest BCUT2D eigenvalue weighted by atomic mass is 10.1. The van der Waals surface area contributed by atoms with Crippen molar-refractivity contribution in [1.82, 2.24) is 20.1 Å². The van der Waals surface area contributed by atoms with E-state index in [0.717, 1.165) is 55.3 Å². The second-order valence-electron chi connectivity index (χ2n) is 7.28. The molecule has 3 aliphatic rings. The van der Waals surface area contributed by atoms with E-state index in [4.69, 9.17) is 4.52 Å². The van der Waals surface area contributed by atoms with Gasteiger partial charge in [-0.3, -0.25) is 0 Å². The second-order valence-corrected chi connectivity index (χ2v) is 7.28. The van der Waals surface area contributed by atoms with Gasteiger partial charge in [0.1, 0.15) is 18.0 Å². The van der Waals surface area contributed by atoms with Gasteiger partial charge in [0.05, 0.1) is 5.92 Å². The molecule has 24 heavy (non-hydrogen) atoms. The highest BCUT2D eigenvalue weighted by Gasteiger charge is 2.33. The van der Waals surface area contributed by atoms with Crippen LogP contribution < -0.4 is 10.2 Å². The minimum absolute atomic E-state index is 0.308. The van der Waals surface area contributed by atoms with Crippen molar-refractivity contribution in [2.75, 3.05) is 29.9 Å². The summed E-state index contributed by atoms with van der Waals surface area (Å²) >= 11 is 0. The SMILES string of the molecule is c1nc(NCC2CC2)cc(N2CCC(c3nc(C4CC4)no3)C2)n1. The fraction of sp³-hybridized carbons (Fsp3) is 0.647. The molecule has 7 nitrogen and oxygen atoms in total. The molecular formula is C17H22N6O. The van der Waals surface area contributed by atoms with E-state index in [1.54, 1.807) is 6.33 Å². The molecule has 2 aliphatic carbocycles. The van der Waals surface area contributed by atoms with Gasteiger partial charge >= 0.3 is 0 Å². The summed E-state index contributed by atoms with van der Waals surface area (Å²) in [6, 6.07) is 2.05. The maximum Gasteiger partial charge on any atom is 0.231 e. The van der Waals surface area contributed by atoms with Crippen LogP contribution in [0.1, 0.15) is 55.7 Å². The highest BCUT2D eigenvalue weighted by molar-refractivity contribution is 5.49. The third-order valence-electron chi connectivity index (χ3n) is 5.18. The molecule has 0 aromatic carbocycles. The molecule has 126 valence electrons. The summed E-state index contributed by atoms with van der Waals surface area (Å²) in [7, 11) is 0. The van der Waals surface area contributed by atoms with Gasteiger partial charge in [-0.15, -0.1) is 0 Å². The molecule has 2 aromatic heterocycles. The van der Waals surface area contributed by atoms with Gasteiger partial charge in [-0.05, 0) is 38.0 Å². The van der Waals surface area contributed by atoms with E-state index in [0.29, 0.717) is 11.8 Å². The average Bonchev–Trinajstić information content (AvgIpc) is 3.53. The Morgan fingerprint density at radius 3 is 2.88 bits per heavy atom. The van der Waals surface area contributed by atoms with Gasteiger partial charge in [0, 0.05) is 31.6 Å². The molecule has 7 heteroatoms. The molecule has 1 saturated heterocycles. The highest BCUT2D eigenvalue weighted by Crippen LogP contribution is 2.39. The molecule has 1 atom stereocenters. The first-order valence-electron chi connectivity index (χ1n) is 8.99. The molecule has 1 unspecified atom stereocenters. The lowest BCUT2D eigenvalue weighted by Crippen LogP contribution is -2.21. The Bertz CT molecular complexity index is 723. The third kappa shape index (κ3) is 2.95. The van der Waals surface area contributed by atoms with Crippen LogP contribution in [0.4, 0.5) is 11.6 Å². The van der Waals surface area contributed by atoms with E-state index in [-0.39, 0.29) is 0 Å². The molecule has 0 spiro atoms. The van der Waals surface area contributed by atoms with Gasteiger partial charge in [-0.2, -0.15) is 4.98 Å². The Morgan fingerprint density at radius 2 is 2.04 bits per heavy atom. The molecule has 0 bridgehead atoms. The zero-order valence-electron chi connectivity index (χ0n) is 13.7. The highest BCUT2D eigenvalue weighted by atomic mass is 16.5. The normalized spacial score (nSPS) is 23.7. The fourth-order valence-electron chi connectivity index (χ4n) is 3.28. The zero-order valence-corrected chi connectivity index (χ0v) is 13.7. The van der Waals surface area contributed by atoms with Gasteiger partial charge in [-0.25, -0.2) is 9.97 Å². The fourth-order valence-corrected chi connectivity index (χ4v) is 3.28. The Kier molecular flexibility index (Phi) is 3.38. The molecule has 2 aromatic rings. The van der Waals surface area contributed by atoms with Crippen LogP contribution in [0.3, 0.4) is 0 Å². The minimum Gasteiger partial charge on any atom is -0.370 e. The van der Waals surface area contributed by atoms with Gasteiger partial charge in [-0.1, -0.05) is 5.16 Å². The predicted octanol–water partition coefficient (Wildman–Crippen LogP) is 2.55. The molecule has 0 radical (unpaired) electrons. The van der Waals surface area contributed by atoms with Crippen molar-refractivity contribution in [3.63, 3.8) is 0 Å². The summed E-state index contributed by atoms with van der Waals surface area (Å²) in [5.74, 6) is 5.28. The van der Waals surface area contributed by atoms with Crippen molar-refractivity contribution < 1.29 is 4.52 Å². The second kappa shape index (κ2) is 5.72. The Balaban J connectivity index is 1.25. The van der Waals surface area contributed by atoms with Gasteiger partial charge < -0.3 is 14.7 Å². The largest absolute Gasteiger partial charge is 0.370 e. The predicted molar refractivity (Wildman–Crippen MR) is 89.1 cm³/mol. The average molecular weight is 326 g/mol. The lowest BCUT2D eigenvalue weighted by molar-refractivity contribution is 0.355. The monoisotopic (exact) mass is 326 g/mol. The van der Waals surface area contributed by atoms with Crippen molar-refractivity contribution in [2.45, 2.75) is 43.9 Å². The first kappa shape index (κ1) is 14.2. The van der Waals surface area contributed by atoms with Crippen LogP contribution in [-0.2, 0) is 0 Å². The van der Waals surface area contributed by atoms with Crippen molar-refractivity contribution in [3.05, 3.63) is 24.1 Å². The topological polar surface area (TPSA) is 80.0 Å². The Morgan fingerprint density at radius 1 is 1.12 bits per heavy atom. The summed E-state index contributed by atoms with van der Waals surface area (Å²) in [5.41, 5.74) is 0. The van der Waals surface area contributed by atoms with E-state index in [1.165, 1.54) is 25.7 Å². The van der Waals surface area contributed by atoms with Crippen LogP contribution in [0.25, 0.3) is 0 Å². The number of anilines is 2. The first-order chi connectivity index (χ1) is 11.8. The number of hydrogen-bond donors (Lipinski definition) is 1. The third-order valence-corrected chi connectivity index (χ3v) is 5.18.